The van der Waals surface area contributed by atoms with Gasteiger partial charge in [-0.25, -0.2) is 8.42 Å². The largest absolute Gasteiger partial charge is 0.252 e. The van der Waals surface area contributed by atoms with Gasteiger partial charge in [0.15, 0.2) is 0 Å². The number of nitrogens with zero attached hydrogens (tertiary/aromatic N) is 1. The first-order valence-corrected chi connectivity index (χ1v) is 8.72. The number of hydrogen-bond donors (Lipinski definition) is 0. The van der Waals surface area contributed by atoms with E-state index in [0.29, 0.717) is 10.8 Å². The molecule has 0 atom stereocenters. The van der Waals surface area contributed by atoms with Crippen molar-refractivity contribution in [1.29, 1.82) is 0 Å². The molecule has 0 N–H and O–H groups in total. The predicted octanol–water partition coefficient (Wildman–Crippen LogP) is 3.39. The maximum Gasteiger partial charge on any atom is 0.252 e. The summed E-state index contributed by atoms with van der Waals surface area (Å²) in [6, 6.07) is 5.30. The van der Waals surface area contributed by atoms with E-state index < -0.39 is 10.0 Å². The zero-order chi connectivity index (χ0) is 12.5. The van der Waals surface area contributed by atoms with Crippen LogP contribution in [0.4, 0.5) is 0 Å². The van der Waals surface area contributed by atoms with E-state index in [9.17, 15) is 8.42 Å². The van der Waals surface area contributed by atoms with E-state index in [4.69, 9.17) is 0 Å². The minimum Gasteiger partial charge on any atom is -0.206 e. The van der Waals surface area contributed by atoms with Gasteiger partial charge in [-0.15, -0.1) is 22.7 Å². The van der Waals surface area contributed by atoms with Gasteiger partial charge >= 0.3 is 0 Å². The van der Waals surface area contributed by atoms with Crippen LogP contribution < -0.4 is 0 Å². The van der Waals surface area contributed by atoms with Gasteiger partial charge in [0, 0.05) is 13.6 Å². The van der Waals surface area contributed by atoms with E-state index in [-0.39, 0.29) is 0 Å². The number of thiophene rings is 2. The molecule has 0 saturated heterocycles. The van der Waals surface area contributed by atoms with Gasteiger partial charge in [-0.2, -0.15) is 4.31 Å². The van der Waals surface area contributed by atoms with E-state index >= 15 is 0 Å². The highest BCUT2D eigenvalue weighted by Crippen LogP contribution is 2.25. The third-order valence-electron chi connectivity index (χ3n) is 2.19. The minimum absolute atomic E-state index is 0.384. The summed E-state index contributed by atoms with van der Waals surface area (Å²) >= 11 is 6.15. The van der Waals surface area contributed by atoms with Crippen molar-refractivity contribution in [2.45, 2.75) is 10.8 Å². The highest BCUT2D eigenvalue weighted by atomic mass is 79.9. The lowest BCUT2D eigenvalue weighted by Gasteiger charge is -2.14. The molecule has 3 nitrogen and oxygen atoms in total. The average molecular weight is 352 g/mol. The lowest BCUT2D eigenvalue weighted by Crippen LogP contribution is -2.25. The molecule has 0 radical (unpaired) electrons. The molecule has 0 aliphatic heterocycles. The topological polar surface area (TPSA) is 37.4 Å². The Morgan fingerprint density at radius 1 is 1.41 bits per heavy atom. The summed E-state index contributed by atoms with van der Waals surface area (Å²) in [4.78, 5) is 0. The molecule has 17 heavy (non-hydrogen) atoms. The van der Waals surface area contributed by atoms with E-state index in [1.54, 1.807) is 35.9 Å². The molecule has 0 spiro atoms. The first-order valence-electron chi connectivity index (χ1n) is 4.73. The van der Waals surface area contributed by atoms with Gasteiger partial charge in [-0.3, -0.25) is 0 Å². The molecule has 0 aliphatic carbocycles. The van der Waals surface area contributed by atoms with Crippen LogP contribution >= 0.6 is 38.6 Å². The second-order valence-electron chi connectivity index (χ2n) is 3.45. The quantitative estimate of drug-likeness (QED) is 0.846. The van der Waals surface area contributed by atoms with Crippen molar-refractivity contribution in [2.24, 2.45) is 0 Å². The second-order valence-corrected chi connectivity index (χ2v) is 8.96. The Kier molecular flexibility index (Phi) is 4.04. The van der Waals surface area contributed by atoms with Crippen molar-refractivity contribution in [3.8, 4) is 0 Å². The van der Waals surface area contributed by atoms with E-state index in [1.165, 1.54) is 15.6 Å². The molecule has 92 valence electrons. The number of rotatable bonds is 4. The van der Waals surface area contributed by atoms with Crippen LogP contribution in [-0.4, -0.2) is 19.8 Å². The van der Waals surface area contributed by atoms with Crippen LogP contribution in [0, 0.1) is 0 Å². The molecular formula is C10H10BrNO2S3. The second kappa shape index (κ2) is 5.19. The number of hydrogen-bond acceptors (Lipinski definition) is 4. The molecule has 2 rings (SSSR count). The molecule has 0 amide bonds. The molecule has 2 heterocycles. The van der Waals surface area contributed by atoms with Gasteiger partial charge in [0.05, 0.1) is 3.79 Å². The van der Waals surface area contributed by atoms with E-state index in [0.717, 1.165) is 9.35 Å². The SMILES string of the molecule is CN(Cc1csc(Br)c1)S(=O)(=O)c1cccs1. The fourth-order valence-electron chi connectivity index (χ4n) is 1.33. The fraction of sp³-hybridized carbons (Fsp3) is 0.200. The average Bonchev–Trinajstić information content (AvgIpc) is 2.89. The van der Waals surface area contributed by atoms with Gasteiger partial charge in [-0.05, 0) is 44.4 Å². The Morgan fingerprint density at radius 2 is 2.18 bits per heavy atom. The Bertz CT molecular complexity index is 589. The van der Waals surface area contributed by atoms with Gasteiger partial charge in [0.25, 0.3) is 10.0 Å². The molecule has 0 aliphatic rings. The standard InChI is InChI=1S/C10H10BrNO2S3/c1-12(6-8-5-9(11)16-7-8)17(13,14)10-3-2-4-15-10/h2-5,7H,6H2,1H3. The zero-order valence-corrected chi connectivity index (χ0v) is 13.0. The molecule has 0 fully saturated rings. The fourth-order valence-corrected chi connectivity index (χ4v) is 4.89. The monoisotopic (exact) mass is 351 g/mol. The Morgan fingerprint density at radius 3 is 2.71 bits per heavy atom. The highest BCUT2D eigenvalue weighted by Gasteiger charge is 2.21. The van der Waals surface area contributed by atoms with Crippen molar-refractivity contribution in [1.82, 2.24) is 4.31 Å². The van der Waals surface area contributed by atoms with Gasteiger partial charge in [0.2, 0.25) is 0 Å². The lowest BCUT2D eigenvalue weighted by molar-refractivity contribution is 0.469. The van der Waals surface area contributed by atoms with Crippen LogP contribution in [0.1, 0.15) is 5.56 Å². The molecule has 2 aromatic heterocycles. The van der Waals surface area contributed by atoms with Gasteiger partial charge in [-0.1, -0.05) is 6.07 Å². The normalized spacial score (nSPS) is 12.2. The molecule has 2 aromatic rings. The van der Waals surface area contributed by atoms with E-state index in [2.05, 4.69) is 15.9 Å². The zero-order valence-electron chi connectivity index (χ0n) is 8.96. The van der Waals surface area contributed by atoms with Crippen LogP contribution in [0.15, 0.2) is 37.0 Å². The molecule has 0 unspecified atom stereocenters. The minimum atomic E-state index is -3.34. The van der Waals surface area contributed by atoms with Crippen molar-refractivity contribution in [3.05, 3.63) is 38.3 Å². The number of sulfonamides is 1. The predicted molar refractivity (Wildman–Crippen MR) is 75.0 cm³/mol. The van der Waals surface area contributed by atoms with Crippen molar-refractivity contribution in [2.75, 3.05) is 7.05 Å². The first-order chi connectivity index (χ1) is 8.00. The summed E-state index contributed by atoms with van der Waals surface area (Å²) in [6.45, 7) is 0.391. The summed E-state index contributed by atoms with van der Waals surface area (Å²) in [5.74, 6) is 0. The first kappa shape index (κ1) is 13.2. The smallest absolute Gasteiger partial charge is 0.206 e. The van der Waals surface area contributed by atoms with Gasteiger partial charge < -0.3 is 0 Å². The summed E-state index contributed by atoms with van der Waals surface area (Å²) in [6.07, 6.45) is 0. The Balaban J connectivity index is 2.18. The third kappa shape index (κ3) is 2.97. The van der Waals surface area contributed by atoms with Crippen molar-refractivity contribution < 1.29 is 8.42 Å². The van der Waals surface area contributed by atoms with Crippen molar-refractivity contribution in [3.63, 3.8) is 0 Å². The maximum atomic E-state index is 12.1. The van der Waals surface area contributed by atoms with Crippen molar-refractivity contribution >= 4 is 48.6 Å². The molecule has 0 bridgehead atoms. The molecule has 0 aromatic carbocycles. The Hall–Kier alpha value is -0.210. The maximum absolute atomic E-state index is 12.1. The van der Waals surface area contributed by atoms with Gasteiger partial charge in [0.1, 0.15) is 4.21 Å². The van der Waals surface area contributed by atoms with Crippen LogP contribution in [0.3, 0.4) is 0 Å². The highest BCUT2D eigenvalue weighted by molar-refractivity contribution is 9.11. The molecule has 7 heteroatoms. The summed E-state index contributed by atoms with van der Waals surface area (Å²) in [5, 5.41) is 3.71. The molecular weight excluding hydrogens is 342 g/mol. The van der Waals surface area contributed by atoms with Crippen LogP contribution in [0.5, 0.6) is 0 Å². The van der Waals surface area contributed by atoms with Crippen LogP contribution in [0.2, 0.25) is 0 Å². The van der Waals surface area contributed by atoms with E-state index in [1.807, 2.05) is 11.4 Å². The molecule has 0 saturated carbocycles. The number of halogens is 1. The third-order valence-corrected chi connectivity index (χ3v) is 6.92. The summed E-state index contributed by atoms with van der Waals surface area (Å²) in [5.41, 5.74) is 0.990. The lowest BCUT2D eigenvalue weighted by atomic mass is 10.3. The van der Waals surface area contributed by atoms with Crippen LogP contribution in [0.25, 0.3) is 0 Å². The summed E-state index contributed by atoms with van der Waals surface area (Å²) < 4.78 is 27.0. The Labute approximate surface area is 117 Å². The van der Waals surface area contributed by atoms with Crippen LogP contribution in [-0.2, 0) is 16.6 Å². The summed E-state index contributed by atoms with van der Waals surface area (Å²) in [7, 11) is -1.75.